The molecule has 0 radical (unpaired) electrons. The monoisotopic (exact) mass is 356 g/mol. The van der Waals surface area contributed by atoms with E-state index in [2.05, 4.69) is 0 Å². The average molecular weight is 356 g/mol. The third-order valence-corrected chi connectivity index (χ3v) is 2.42. The number of ether oxygens (including phenoxy) is 3. The van der Waals surface area contributed by atoms with Gasteiger partial charge in [-0.25, -0.2) is 9.59 Å². The topological polar surface area (TPSA) is 163 Å². The highest BCUT2D eigenvalue weighted by Crippen LogP contribution is 2.02. The van der Waals surface area contributed by atoms with Crippen molar-refractivity contribution >= 4 is 11.9 Å². The highest BCUT2D eigenvalue weighted by molar-refractivity contribution is 5.83. The van der Waals surface area contributed by atoms with Crippen molar-refractivity contribution in [1.82, 2.24) is 0 Å². The predicted molar refractivity (Wildman–Crippen MR) is 81.7 cm³/mol. The quantitative estimate of drug-likeness (QED) is 0.236. The summed E-state index contributed by atoms with van der Waals surface area (Å²) in [6.07, 6.45) is -2.30. The Balaban J connectivity index is 0. The molecule has 10 nitrogen and oxygen atoms in total. The van der Waals surface area contributed by atoms with E-state index in [4.69, 9.17) is 39.7 Å². The number of carbonyl (C=O) groups is 2. The summed E-state index contributed by atoms with van der Waals surface area (Å²) in [5.74, 6) is -3.08. The van der Waals surface area contributed by atoms with Crippen molar-refractivity contribution in [3.05, 3.63) is 0 Å². The number of aliphatic carboxylic acids is 2. The fourth-order valence-electron chi connectivity index (χ4n) is 1.23. The van der Waals surface area contributed by atoms with E-state index in [1.165, 1.54) is 0 Å². The van der Waals surface area contributed by atoms with E-state index in [1.807, 2.05) is 6.92 Å². The summed E-state index contributed by atoms with van der Waals surface area (Å²) < 4.78 is 14.5. The van der Waals surface area contributed by atoms with Crippen LogP contribution in [-0.4, -0.2) is 95.9 Å². The van der Waals surface area contributed by atoms with Crippen LogP contribution in [0.25, 0.3) is 0 Å². The highest BCUT2D eigenvalue weighted by atomic mass is 16.5. The van der Waals surface area contributed by atoms with E-state index in [0.29, 0.717) is 32.8 Å². The summed E-state index contributed by atoms with van der Waals surface area (Å²) in [6, 6.07) is 0. The Bertz CT molecular complexity index is 302. The Morgan fingerprint density at radius 2 is 1.38 bits per heavy atom. The zero-order valence-corrected chi connectivity index (χ0v) is 13.8. The van der Waals surface area contributed by atoms with Crippen LogP contribution < -0.4 is 0 Å². The first kappa shape index (κ1) is 24.9. The third kappa shape index (κ3) is 15.6. The Morgan fingerprint density at radius 1 is 0.875 bits per heavy atom. The highest BCUT2D eigenvalue weighted by Gasteiger charge is 2.32. The lowest BCUT2D eigenvalue weighted by Crippen LogP contribution is -2.41. The first-order valence-electron chi connectivity index (χ1n) is 7.54. The zero-order chi connectivity index (χ0) is 18.8. The van der Waals surface area contributed by atoms with Crippen molar-refractivity contribution in [3.63, 3.8) is 0 Å². The van der Waals surface area contributed by atoms with Gasteiger partial charge in [-0.1, -0.05) is 13.3 Å². The van der Waals surface area contributed by atoms with Crippen molar-refractivity contribution in [3.8, 4) is 0 Å². The van der Waals surface area contributed by atoms with Gasteiger partial charge in [-0.2, -0.15) is 0 Å². The molecule has 0 rings (SSSR count). The number of hydrogen-bond acceptors (Lipinski definition) is 8. The van der Waals surface area contributed by atoms with Gasteiger partial charge in [0.05, 0.1) is 39.6 Å². The van der Waals surface area contributed by atoms with Gasteiger partial charge in [0.1, 0.15) is 0 Å². The molecule has 0 aromatic heterocycles. The van der Waals surface area contributed by atoms with E-state index in [-0.39, 0.29) is 19.8 Å². The minimum atomic E-state index is -2.02. The van der Waals surface area contributed by atoms with Crippen molar-refractivity contribution in [2.45, 2.75) is 32.0 Å². The number of carboxylic acids is 2. The molecule has 0 heterocycles. The number of rotatable bonds is 14. The molecule has 0 bridgehead atoms. The summed E-state index contributed by atoms with van der Waals surface area (Å²) in [5, 5.41) is 42.4. The first-order chi connectivity index (χ1) is 11.4. The van der Waals surface area contributed by atoms with Crippen LogP contribution >= 0.6 is 0 Å². The van der Waals surface area contributed by atoms with E-state index in [9.17, 15) is 9.59 Å². The molecule has 0 saturated heterocycles. The summed E-state index contributed by atoms with van der Waals surface area (Å²) in [6.45, 7) is 3.73. The second-order valence-corrected chi connectivity index (χ2v) is 4.44. The van der Waals surface area contributed by atoms with Gasteiger partial charge in [0.15, 0.2) is 12.2 Å². The lowest BCUT2D eigenvalue weighted by Gasteiger charge is -2.15. The molecule has 10 heteroatoms. The molecule has 0 spiro atoms. The van der Waals surface area contributed by atoms with Crippen LogP contribution in [0.15, 0.2) is 0 Å². The number of aliphatic hydroxyl groups is 3. The van der Waals surface area contributed by atoms with Crippen LogP contribution in [0.1, 0.15) is 19.8 Å². The number of carboxylic acid groups (broad SMARTS) is 2. The molecule has 0 amide bonds. The van der Waals surface area contributed by atoms with E-state index in [1.54, 1.807) is 0 Å². The maximum Gasteiger partial charge on any atom is 0.336 e. The number of hydrogen-bond donors (Lipinski definition) is 5. The van der Waals surface area contributed by atoms with E-state index >= 15 is 0 Å². The molecule has 2 unspecified atom stereocenters. The normalized spacial score (nSPS) is 12.8. The molecule has 144 valence electrons. The van der Waals surface area contributed by atoms with Gasteiger partial charge in [0.25, 0.3) is 0 Å². The van der Waals surface area contributed by atoms with Gasteiger partial charge in [0, 0.05) is 6.61 Å². The van der Waals surface area contributed by atoms with Gasteiger partial charge in [0.2, 0.25) is 0 Å². The SMILES string of the molecule is CCCCOC(C(=O)O)C(O)C(=O)O.OCCOCCOCCO. The second kappa shape index (κ2) is 18.0. The van der Waals surface area contributed by atoms with Crippen LogP contribution in [-0.2, 0) is 23.8 Å². The number of aliphatic hydroxyl groups excluding tert-OH is 3. The minimum Gasteiger partial charge on any atom is -0.479 e. The number of unbranched alkanes of at least 4 members (excludes halogenated alkanes) is 1. The molecular weight excluding hydrogens is 328 g/mol. The van der Waals surface area contributed by atoms with Gasteiger partial charge in [-0.3, -0.25) is 0 Å². The first-order valence-corrected chi connectivity index (χ1v) is 7.54. The van der Waals surface area contributed by atoms with Gasteiger partial charge < -0.3 is 39.7 Å². The fourth-order valence-corrected chi connectivity index (χ4v) is 1.23. The molecule has 0 aliphatic rings. The summed E-state index contributed by atoms with van der Waals surface area (Å²) >= 11 is 0. The van der Waals surface area contributed by atoms with Gasteiger partial charge in [-0.05, 0) is 6.42 Å². The lowest BCUT2D eigenvalue weighted by molar-refractivity contribution is -0.171. The molecule has 5 N–H and O–H groups in total. The largest absolute Gasteiger partial charge is 0.479 e. The van der Waals surface area contributed by atoms with Crippen LogP contribution in [0, 0.1) is 0 Å². The predicted octanol–water partition coefficient (Wildman–Crippen LogP) is -1.29. The molecule has 0 fully saturated rings. The van der Waals surface area contributed by atoms with Crippen LogP contribution in [0.2, 0.25) is 0 Å². The van der Waals surface area contributed by atoms with Gasteiger partial charge >= 0.3 is 11.9 Å². The Hall–Kier alpha value is -1.30. The van der Waals surface area contributed by atoms with Crippen molar-refractivity contribution in [2.75, 3.05) is 46.2 Å². The average Bonchev–Trinajstić information content (AvgIpc) is 2.54. The molecule has 24 heavy (non-hydrogen) atoms. The zero-order valence-electron chi connectivity index (χ0n) is 13.8. The molecule has 0 saturated carbocycles. The summed E-state index contributed by atoms with van der Waals surface area (Å²) in [7, 11) is 0. The third-order valence-electron chi connectivity index (χ3n) is 2.42. The van der Waals surface area contributed by atoms with Crippen LogP contribution in [0.5, 0.6) is 0 Å². The minimum absolute atomic E-state index is 0.0417. The molecule has 0 aromatic rings. The fraction of sp³-hybridized carbons (Fsp3) is 0.857. The standard InChI is InChI=1S/C8H14O6.C6H14O4/c1-2-3-4-14-6(8(12)13)5(9)7(10)11;7-1-3-9-5-6-10-4-2-8/h5-6,9H,2-4H2,1H3,(H,10,11)(H,12,13);7-8H,1-6H2. The lowest BCUT2D eigenvalue weighted by atomic mass is 10.2. The Kier molecular flexibility index (Phi) is 18.8. The molecule has 0 aliphatic heterocycles. The van der Waals surface area contributed by atoms with E-state index < -0.39 is 24.1 Å². The summed E-state index contributed by atoms with van der Waals surface area (Å²) in [5.41, 5.74) is 0. The molecule has 0 aliphatic carbocycles. The Morgan fingerprint density at radius 3 is 1.71 bits per heavy atom. The smallest absolute Gasteiger partial charge is 0.336 e. The van der Waals surface area contributed by atoms with Crippen molar-refractivity contribution < 1.29 is 49.3 Å². The van der Waals surface area contributed by atoms with Crippen LogP contribution in [0.3, 0.4) is 0 Å². The molecule has 2 atom stereocenters. The summed E-state index contributed by atoms with van der Waals surface area (Å²) in [4.78, 5) is 20.8. The van der Waals surface area contributed by atoms with Crippen molar-refractivity contribution in [2.24, 2.45) is 0 Å². The Labute approximate surface area is 140 Å². The van der Waals surface area contributed by atoms with Crippen molar-refractivity contribution in [1.29, 1.82) is 0 Å². The molecular formula is C14H28O10. The maximum absolute atomic E-state index is 10.5. The second-order valence-electron chi connectivity index (χ2n) is 4.44. The maximum atomic E-state index is 10.5. The molecule has 0 aromatic carbocycles. The van der Waals surface area contributed by atoms with E-state index in [0.717, 1.165) is 6.42 Å². The van der Waals surface area contributed by atoms with Crippen LogP contribution in [0.4, 0.5) is 0 Å². The van der Waals surface area contributed by atoms with Gasteiger partial charge in [-0.15, -0.1) is 0 Å².